The molecule has 0 unspecified atom stereocenters. The van der Waals surface area contributed by atoms with Crippen molar-refractivity contribution in [1.82, 2.24) is 0 Å². The smallest absolute Gasteiger partial charge is 0.306 e. The molecule has 0 saturated carbocycles. The van der Waals surface area contributed by atoms with Crippen LogP contribution in [0.2, 0.25) is 0 Å². The van der Waals surface area contributed by atoms with Gasteiger partial charge in [0.05, 0.1) is 12.7 Å². The zero-order valence-electron chi connectivity index (χ0n) is 13.4. The number of carbonyl (C=O) groups is 1. The molecule has 0 bridgehead atoms. The van der Waals surface area contributed by atoms with E-state index in [0.29, 0.717) is 13.0 Å². The number of hydrogen-bond donors (Lipinski definition) is 0. The van der Waals surface area contributed by atoms with E-state index in [-0.39, 0.29) is 12.1 Å². The van der Waals surface area contributed by atoms with E-state index in [9.17, 15) is 4.79 Å². The molecule has 1 heterocycles. The Morgan fingerprint density at radius 1 is 1.33 bits per heavy atom. The Morgan fingerprint density at radius 3 is 2.67 bits per heavy atom. The molecule has 1 aromatic carbocycles. The fourth-order valence-electron chi connectivity index (χ4n) is 2.77. The average molecular weight is 290 g/mol. The summed E-state index contributed by atoms with van der Waals surface area (Å²) in [6.07, 6.45) is 3.88. The Balaban J connectivity index is 2.03. The molecule has 0 aliphatic carbocycles. The second-order valence-corrected chi connectivity index (χ2v) is 6.08. The number of aryl methyl sites for hydroxylation is 1. The maximum Gasteiger partial charge on any atom is 0.306 e. The van der Waals surface area contributed by atoms with Crippen molar-refractivity contribution >= 4 is 5.97 Å². The number of esters is 1. The van der Waals surface area contributed by atoms with Crippen LogP contribution in [-0.4, -0.2) is 18.2 Å². The molecule has 21 heavy (non-hydrogen) atoms. The molecule has 2 atom stereocenters. The van der Waals surface area contributed by atoms with Crippen molar-refractivity contribution < 1.29 is 14.3 Å². The fourth-order valence-corrected chi connectivity index (χ4v) is 2.77. The molecule has 0 amide bonds. The van der Waals surface area contributed by atoms with Crippen LogP contribution in [0, 0.1) is 0 Å². The lowest BCUT2D eigenvalue weighted by molar-refractivity contribution is -0.173. The van der Waals surface area contributed by atoms with E-state index in [2.05, 4.69) is 31.2 Å². The van der Waals surface area contributed by atoms with E-state index in [1.807, 2.05) is 13.8 Å². The van der Waals surface area contributed by atoms with Gasteiger partial charge < -0.3 is 9.47 Å². The lowest BCUT2D eigenvalue weighted by Gasteiger charge is -2.38. The first-order valence-electron chi connectivity index (χ1n) is 7.98. The normalized spacial score (nSPS) is 25.6. The molecule has 0 spiro atoms. The van der Waals surface area contributed by atoms with Crippen LogP contribution in [0.25, 0.3) is 0 Å². The van der Waals surface area contributed by atoms with Gasteiger partial charge >= 0.3 is 5.97 Å². The Kier molecular flexibility index (Phi) is 5.40. The minimum atomic E-state index is -0.404. The summed E-state index contributed by atoms with van der Waals surface area (Å²) in [5.41, 5.74) is 2.09. The van der Waals surface area contributed by atoms with E-state index in [1.54, 1.807) is 0 Å². The molecule has 2 rings (SSSR count). The lowest BCUT2D eigenvalue weighted by Crippen LogP contribution is -2.39. The lowest BCUT2D eigenvalue weighted by atomic mass is 9.88. The highest BCUT2D eigenvalue weighted by Crippen LogP contribution is 2.36. The van der Waals surface area contributed by atoms with Gasteiger partial charge in [0.2, 0.25) is 0 Å². The second-order valence-electron chi connectivity index (χ2n) is 6.08. The van der Waals surface area contributed by atoms with E-state index in [4.69, 9.17) is 9.47 Å². The van der Waals surface area contributed by atoms with E-state index in [1.165, 1.54) is 11.1 Å². The first kappa shape index (κ1) is 16.0. The van der Waals surface area contributed by atoms with Gasteiger partial charge in [0.1, 0.15) is 5.60 Å². The fraction of sp³-hybridized carbons (Fsp3) is 0.611. The molecule has 1 aromatic rings. The molecule has 0 N–H and O–H groups in total. The molecule has 1 fully saturated rings. The minimum Gasteiger partial charge on any atom is -0.459 e. The van der Waals surface area contributed by atoms with Crippen molar-refractivity contribution in [3.8, 4) is 0 Å². The van der Waals surface area contributed by atoms with Crippen molar-refractivity contribution in [2.45, 2.75) is 64.6 Å². The summed E-state index contributed by atoms with van der Waals surface area (Å²) in [6.45, 7) is 6.80. The molecular weight excluding hydrogens is 264 g/mol. The quantitative estimate of drug-likeness (QED) is 0.762. The summed E-state index contributed by atoms with van der Waals surface area (Å²) < 4.78 is 11.6. The Morgan fingerprint density at radius 2 is 2.05 bits per heavy atom. The summed E-state index contributed by atoms with van der Waals surface area (Å²) in [4.78, 5) is 11.8. The van der Waals surface area contributed by atoms with Gasteiger partial charge in [-0.15, -0.1) is 0 Å². The van der Waals surface area contributed by atoms with E-state index < -0.39 is 5.60 Å². The molecule has 0 radical (unpaired) electrons. The molecule has 1 aliphatic heterocycles. The third-order valence-electron chi connectivity index (χ3n) is 4.14. The Labute approximate surface area is 127 Å². The predicted octanol–water partition coefficient (Wildman–Crippen LogP) is 4.20. The van der Waals surface area contributed by atoms with Gasteiger partial charge in [-0.25, -0.2) is 0 Å². The van der Waals surface area contributed by atoms with Gasteiger partial charge in [-0.2, -0.15) is 0 Å². The largest absolute Gasteiger partial charge is 0.459 e. The van der Waals surface area contributed by atoms with Gasteiger partial charge in [-0.05, 0) is 30.9 Å². The zero-order chi connectivity index (χ0) is 15.3. The third-order valence-corrected chi connectivity index (χ3v) is 4.14. The van der Waals surface area contributed by atoms with Gasteiger partial charge in [0, 0.05) is 19.3 Å². The zero-order valence-corrected chi connectivity index (χ0v) is 13.4. The van der Waals surface area contributed by atoms with Gasteiger partial charge in [-0.1, -0.05) is 38.1 Å². The Hall–Kier alpha value is -1.35. The maximum absolute atomic E-state index is 11.8. The molecule has 0 aromatic heterocycles. The van der Waals surface area contributed by atoms with E-state index in [0.717, 1.165) is 25.7 Å². The van der Waals surface area contributed by atoms with Gasteiger partial charge in [0.25, 0.3) is 0 Å². The summed E-state index contributed by atoms with van der Waals surface area (Å²) in [6, 6.07) is 8.55. The van der Waals surface area contributed by atoms with Crippen molar-refractivity contribution in [1.29, 1.82) is 0 Å². The van der Waals surface area contributed by atoms with Crippen LogP contribution < -0.4 is 0 Å². The summed E-state index contributed by atoms with van der Waals surface area (Å²) >= 11 is 0. The summed E-state index contributed by atoms with van der Waals surface area (Å²) in [5, 5.41) is 0. The molecular formula is C18H26O3. The van der Waals surface area contributed by atoms with Gasteiger partial charge in [0.15, 0.2) is 0 Å². The first-order valence-corrected chi connectivity index (χ1v) is 7.98. The molecule has 116 valence electrons. The maximum atomic E-state index is 11.8. The predicted molar refractivity (Wildman–Crippen MR) is 83.2 cm³/mol. The van der Waals surface area contributed by atoms with Crippen LogP contribution in [0.4, 0.5) is 0 Å². The molecule has 1 aliphatic rings. The second kappa shape index (κ2) is 7.08. The highest BCUT2D eigenvalue weighted by atomic mass is 16.6. The number of hydrogen-bond acceptors (Lipinski definition) is 3. The summed E-state index contributed by atoms with van der Waals surface area (Å²) in [5.74, 6) is -0.0954. The van der Waals surface area contributed by atoms with Crippen LogP contribution in [-0.2, 0) is 20.7 Å². The monoisotopic (exact) mass is 290 g/mol. The number of carbonyl (C=O) groups excluding carboxylic acids is 1. The van der Waals surface area contributed by atoms with Crippen LogP contribution in [0.3, 0.4) is 0 Å². The average Bonchev–Trinajstić information content (AvgIpc) is 2.47. The number of rotatable bonds is 5. The van der Waals surface area contributed by atoms with Crippen LogP contribution in [0.5, 0.6) is 0 Å². The molecule has 1 saturated heterocycles. The number of ether oxygens (including phenoxy) is 2. The Bertz CT molecular complexity index is 466. The summed E-state index contributed by atoms with van der Waals surface area (Å²) in [7, 11) is 0. The van der Waals surface area contributed by atoms with Crippen LogP contribution >= 0.6 is 0 Å². The third kappa shape index (κ3) is 4.31. The van der Waals surface area contributed by atoms with Crippen LogP contribution in [0.15, 0.2) is 24.3 Å². The van der Waals surface area contributed by atoms with E-state index >= 15 is 0 Å². The van der Waals surface area contributed by atoms with Crippen molar-refractivity contribution in [3.05, 3.63) is 35.4 Å². The van der Waals surface area contributed by atoms with Crippen molar-refractivity contribution in [2.75, 3.05) is 6.61 Å². The van der Waals surface area contributed by atoms with Crippen molar-refractivity contribution in [3.63, 3.8) is 0 Å². The molecule has 3 nitrogen and oxygen atoms in total. The highest BCUT2D eigenvalue weighted by molar-refractivity contribution is 5.69. The highest BCUT2D eigenvalue weighted by Gasteiger charge is 2.36. The van der Waals surface area contributed by atoms with Crippen molar-refractivity contribution in [2.24, 2.45) is 0 Å². The first-order chi connectivity index (χ1) is 10.1. The molecule has 3 heteroatoms. The minimum absolute atomic E-state index is 0.0177. The topological polar surface area (TPSA) is 35.5 Å². The number of benzene rings is 1. The van der Waals surface area contributed by atoms with Gasteiger partial charge in [-0.3, -0.25) is 4.79 Å². The standard InChI is InChI=1S/C18H26O3/c1-4-6-17(19)21-18(3)11-12-20-16(13-18)15-9-7-14(5-2)8-10-15/h7-10,16H,4-6,11-13H2,1-3H3/t16-,18+/m0/s1. The van der Waals surface area contributed by atoms with Crippen LogP contribution in [0.1, 0.15) is 63.7 Å². The SMILES string of the molecule is CCCC(=O)O[C@]1(C)CCO[C@H](c2ccc(CC)cc2)C1.